The third-order valence-corrected chi connectivity index (χ3v) is 2.71. The Labute approximate surface area is 95.4 Å². The van der Waals surface area contributed by atoms with E-state index in [9.17, 15) is 9.59 Å². The SMILES string of the molecule is CSCCC(N)C(=O)NC([C]=O)C(C)C. The van der Waals surface area contributed by atoms with Crippen LogP contribution in [0.2, 0.25) is 0 Å². The highest BCUT2D eigenvalue weighted by Gasteiger charge is 2.19. The lowest BCUT2D eigenvalue weighted by Crippen LogP contribution is -2.48. The van der Waals surface area contributed by atoms with Crippen LogP contribution in [0.3, 0.4) is 0 Å². The van der Waals surface area contributed by atoms with Crippen LogP contribution in [0, 0.1) is 5.92 Å². The number of amides is 1. The van der Waals surface area contributed by atoms with Gasteiger partial charge in [0.2, 0.25) is 12.2 Å². The Morgan fingerprint density at radius 3 is 2.53 bits per heavy atom. The van der Waals surface area contributed by atoms with Gasteiger partial charge in [-0.2, -0.15) is 11.8 Å². The Kier molecular flexibility index (Phi) is 7.42. The topological polar surface area (TPSA) is 72.2 Å². The molecular formula is C10H19N2O2S. The maximum atomic E-state index is 11.5. The lowest BCUT2D eigenvalue weighted by atomic mass is 10.1. The number of nitrogens with one attached hydrogen (secondary N) is 1. The molecule has 15 heavy (non-hydrogen) atoms. The highest BCUT2D eigenvalue weighted by atomic mass is 32.2. The number of nitrogens with two attached hydrogens (primary N) is 1. The fourth-order valence-corrected chi connectivity index (χ4v) is 1.46. The van der Waals surface area contributed by atoms with E-state index in [0.717, 1.165) is 5.75 Å². The van der Waals surface area contributed by atoms with Crippen LogP contribution in [-0.2, 0) is 9.59 Å². The number of hydrogen-bond donors (Lipinski definition) is 2. The van der Waals surface area contributed by atoms with Crippen LogP contribution in [0.1, 0.15) is 20.3 Å². The Morgan fingerprint density at radius 2 is 2.13 bits per heavy atom. The number of hydrogen-bond acceptors (Lipinski definition) is 4. The monoisotopic (exact) mass is 231 g/mol. The zero-order valence-corrected chi connectivity index (χ0v) is 10.3. The zero-order valence-electron chi connectivity index (χ0n) is 9.45. The molecule has 87 valence electrons. The van der Waals surface area contributed by atoms with Gasteiger partial charge in [-0.25, -0.2) is 0 Å². The molecule has 0 aromatic carbocycles. The lowest BCUT2D eigenvalue weighted by Gasteiger charge is -2.18. The molecule has 0 aliphatic heterocycles. The highest BCUT2D eigenvalue weighted by molar-refractivity contribution is 7.98. The van der Waals surface area contributed by atoms with Crippen molar-refractivity contribution in [2.24, 2.45) is 11.7 Å². The predicted molar refractivity (Wildman–Crippen MR) is 63.4 cm³/mol. The summed E-state index contributed by atoms with van der Waals surface area (Å²) in [6.45, 7) is 3.70. The molecule has 1 radical (unpaired) electrons. The number of carbonyl (C=O) groups excluding carboxylic acids is 2. The summed E-state index contributed by atoms with van der Waals surface area (Å²) in [6, 6.07) is -1.09. The molecule has 0 heterocycles. The van der Waals surface area contributed by atoms with Crippen molar-refractivity contribution < 1.29 is 9.59 Å². The molecular weight excluding hydrogens is 212 g/mol. The molecule has 0 saturated carbocycles. The van der Waals surface area contributed by atoms with Crippen molar-refractivity contribution in [2.75, 3.05) is 12.0 Å². The molecule has 5 heteroatoms. The lowest BCUT2D eigenvalue weighted by molar-refractivity contribution is -0.122. The van der Waals surface area contributed by atoms with Gasteiger partial charge in [-0.3, -0.25) is 9.59 Å². The molecule has 2 unspecified atom stereocenters. The van der Waals surface area contributed by atoms with Gasteiger partial charge in [-0.1, -0.05) is 13.8 Å². The third kappa shape index (κ3) is 5.79. The molecule has 0 aliphatic rings. The number of rotatable bonds is 7. The van der Waals surface area contributed by atoms with Crippen LogP contribution < -0.4 is 11.1 Å². The van der Waals surface area contributed by atoms with Gasteiger partial charge >= 0.3 is 0 Å². The van der Waals surface area contributed by atoms with Gasteiger partial charge in [-0.15, -0.1) is 0 Å². The molecule has 0 aromatic heterocycles. The van der Waals surface area contributed by atoms with E-state index < -0.39 is 12.1 Å². The summed E-state index contributed by atoms with van der Waals surface area (Å²) >= 11 is 1.64. The fraction of sp³-hybridized carbons (Fsp3) is 0.800. The first-order valence-electron chi connectivity index (χ1n) is 4.95. The molecule has 4 nitrogen and oxygen atoms in total. The largest absolute Gasteiger partial charge is 0.344 e. The van der Waals surface area contributed by atoms with Crippen molar-refractivity contribution in [3.63, 3.8) is 0 Å². The van der Waals surface area contributed by atoms with Crippen molar-refractivity contribution in [2.45, 2.75) is 32.4 Å². The Morgan fingerprint density at radius 1 is 1.53 bits per heavy atom. The standard InChI is InChI=1S/C10H19N2O2S/c1-7(2)9(6-13)12-10(14)8(11)4-5-15-3/h7-9H,4-5,11H2,1-3H3,(H,12,14). The average Bonchev–Trinajstić information content (AvgIpc) is 2.21. The van der Waals surface area contributed by atoms with E-state index in [0.29, 0.717) is 6.42 Å². The minimum Gasteiger partial charge on any atom is -0.344 e. The van der Waals surface area contributed by atoms with Crippen molar-refractivity contribution >= 4 is 24.0 Å². The van der Waals surface area contributed by atoms with E-state index in [2.05, 4.69) is 5.32 Å². The Bertz CT molecular complexity index is 210. The van der Waals surface area contributed by atoms with E-state index in [1.165, 1.54) is 0 Å². The second kappa shape index (κ2) is 7.70. The molecule has 0 fully saturated rings. The summed E-state index contributed by atoms with van der Waals surface area (Å²) in [5.74, 6) is 0.608. The van der Waals surface area contributed by atoms with Crippen LogP contribution in [0.25, 0.3) is 0 Å². The van der Waals surface area contributed by atoms with Gasteiger partial charge in [-0.05, 0) is 24.3 Å². The first-order chi connectivity index (χ1) is 7.02. The second-order valence-corrected chi connectivity index (χ2v) is 4.72. The van der Waals surface area contributed by atoms with Crippen LogP contribution in [-0.4, -0.2) is 36.3 Å². The van der Waals surface area contributed by atoms with E-state index >= 15 is 0 Å². The molecule has 1 amide bonds. The van der Waals surface area contributed by atoms with Gasteiger partial charge < -0.3 is 11.1 Å². The molecule has 0 aliphatic carbocycles. The van der Waals surface area contributed by atoms with E-state index in [-0.39, 0.29) is 11.8 Å². The van der Waals surface area contributed by atoms with E-state index in [1.54, 1.807) is 18.0 Å². The molecule has 3 N–H and O–H groups in total. The smallest absolute Gasteiger partial charge is 0.237 e. The summed E-state index contributed by atoms with van der Waals surface area (Å²) in [5, 5.41) is 2.58. The van der Waals surface area contributed by atoms with Gasteiger partial charge in [0.25, 0.3) is 0 Å². The minimum absolute atomic E-state index is 0.0409. The zero-order chi connectivity index (χ0) is 11.8. The second-order valence-electron chi connectivity index (χ2n) is 3.74. The number of carbonyl (C=O) groups is 1. The molecule has 0 spiro atoms. The summed E-state index contributed by atoms with van der Waals surface area (Å²) in [7, 11) is 0. The maximum Gasteiger partial charge on any atom is 0.237 e. The predicted octanol–water partition coefficient (Wildman–Crippen LogP) is 0.317. The van der Waals surface area contributed by atoms with E-state index in [4.69, 9.17) is 5.73 Å². The van der Waals surface area contributed by atoms with Crippen molar-refractivity contribution in [3.8, 4) is 0 Å². The molecule has 0 bridgehead atoms. The Balaban J connectivity index is 4.04. The quantitative estimate of drug-likeness (QED) is 0.662. The van der Waals surface area contributed by atoms with Crippen LogP contribution in [0.4, 0.5) is 0 Å². The minimum atomic E-state index is -0.558. The van der Waals surface area contributed by atoms with Gasteiger partial charge in [0.15, 0.2) is 0 Å². The maximum absolute atomic E-state index is 11.5. The average molecular weight is 231 g/mol. The normalized spacial score (nSPS) is 14.7. The summed E-state index contributed by atoms with van der Waals surface area (Å²) < 4.78 is 0. The number of thioether (sulfide) groups is 1. The highest BCUT2D eigenvalue weighted by Crippen LogP contribution is 2.02. The van der Waals surface area contributed by atoms with Gasteiger partial charge in [0.1, 0.15) is 0 Å². The molecule has 2 atom stereocenters. The molecule has 0 rings (SSSR count). The van der Waals surface area contributed by atoms with Gasteiger partial charge in [0, 0.05) is 0 Å². The van der Waals surface area contributed by atoms with Crippen molar-refractivity contribution in [1.29, 1.82) is 0 Å². The first kappa shape index (κ1) is 14.5. The van der Waals surface area contributed by atoms with E-state index in [1.807, 2.05) is 20.1 Å². The third-order valence-electron chi connectivity index (χ3n) is 2.06. The van der Waals surface area contributed by atoms with Crippen LogP contribution in [0.15, 0.2) is 0 Å². The Hall–Kier alpha value is -0.550. The van der Waals surface area contributed by atoms with Gasteiger partial charge in [0.05, 0.1) is 12.1 Å². The molecule has 0 saturated heterocycles. The summed E-state index contributed by atoms with van der Waals surface area (Å²) in [4.78, 5) is 22.0. The van der Waals surface area contributed by atoms with Crippen molar-refractivity contribution in [3.05, 3.63) is 0 Å². The van der Waals surface area contributed by atoms with Crippen LogP contribution in [0.5, 0.6) is 0 Å². The summed E-state index contributed by atoms with van der Waals surface area (Å²) in [6.07, 6.45) is 4.38. The van der Waals surface area contributed by atoms with Crippen molar-refractivity contribution in [1.82, 2.24) is 5.32 Å². The molecule has 0 aromatic rings. The summed E-state index contributed by atoms with van der Waals surface area (Å²) in [5.41, 5.74) is 5.65. The van der Waals surface area contributed by atoms with Crippen LogP contribution >= 0.6 is 11.8 Å². The fourth-order valence-electron chi connectivity index (χ4n) is 0.968. The first-order valence-corrected chi connectivity index (χ1v) is 6.34.